The number of ether oxygens (including phenoxy) is 1. The fourth-order valence-corrected chi connectivity index (χ4v) is 6.20. The molecule has 1 aliphatic carbocycles. The number of benzene rings is 3. The highest BCUT2D eigenvalue weighted by molar-refractivity contribution is 7.92. The average molecular weight is 592 g/mol. The summed E-state index contributed by atoms with van der Waals surface area (Å²) in [6.45, 7) is 3.81. The third-order valence-electron chi connectivity index (χ3n) is 7.56. The van der Waals surface area contributed by atoms with Gasteiger partial charge in [0, 0.05) is 19.0 Å². The second kappa shape index (κ2) is 14.4. The standard InChI is InChI=1S/C33H41N3O5S/c1-4-41-31-17-11-10-16-29(31)36(42(3,39)40)24-32(37)35(23-27-20-18-25(2)19-21-27)30(22-26-12-6-5-7-13-26)33(38)34-28-14-8-9-15-28/h5-7,10-13,16-21,28,30H,4,8-9,14-15,22-24H2,1-3H3,(H,34,38). The van der Waals surface area contributed by atoms with E-state index in [-0.39, 0.29) is 24.2 Å². The Morgan fingerprint density at radius 1 is 0.929 bits per heavy atom. The van der Waals surface area contributed by atoms with Gasteiger partial charge in [-0.25, -0.2) is 8.42 Å². The van der Waals surface area contributed by atoms with Gasteiger partial charge in [0.25, 0.3) is 0 Å². The van der Waals surface area contributed by atoms with E-state index in [9.17, 15) is 18.0 Å². The monoisotopic (exact) mass is 591 g/mol. The summed E-state index contributed by atoms with van der Waals surface area (Å²) >= 11 is 0. The van der Waals surface area contributed by atoms with Gasteiger partial charge in [-0.1, -0.05) is 85.1 Å². The maximum atomic E-state index is 14.3. The first-order valence-electron chi connectivity index (χ1n) is 14.5. The molecule has 4 rings (SSSR count). The lowest BCUT2D eigenvalue weighted by Gasteiger charge is -2.34. The summed E-state index contributed by atoms with van der Waals surface area (Å²) in [6.07, 6.45) is 5.30. The van der Waals surface area contributed by atoms with Crippen molar-refractivity contribution in [2.45, 2.75) is 64.6 Å². The number of amides is 2. The molecule has 42 heavy (non-hydrogen) atoms. The van der Waals surface area contributed by atoms with E-state index in [0.29, 0.717) is 18.8 Å². The molecule has 0 spiro atoms. The van der Waals surface area contributed by atoms with Crippen LogP contribution in [0.1, 0.15) is 49.3 Å². The highest BCUT2D eigenvalue weighted by atomic mass is 32.2. The topological polar surface area (TPSA) is 96.0 Å². The number of carbonyl (C=O) groups excluding carboxylic acids is 2. The Labute approximate surface area is 249 Å². The van der Waals surface area contributed by atoms with Crippen LogP contribution in [0.4, 0.5) is 5.69 Å². The zero-order valence-electron chi connectivity index (χ0n) is 24.7. The molecule has 1 aliphatic rings. The van der Waals surface area contributed by atoms with Crippen molar-refractivity contribution in [1.82, 2.24) is 10.2 Å². The smallest absolute Gasteiger partial charge is 0.244 e. The normalized spacial score (nSPS) is 14.3. The largest absolute Gasteiger partial charge is 0.492 e. The van der Waals surface area contributed by atoms with Crippen molar-refractivity contribution in [3.63, 3.8) is 0 Å². The Hall–Kier alpha value is -3.85. The Balaban J connectivity index is 1.73. The van der Waals surface area contributed by atoms with E-state index in [1.807, 2.05) is 68.4 Å². The number of anilines is 1. The third-order valence-corrected chi connectivity index (χ3v) is 8.69. The van der Waals surface area contributed by atoms with E-state index in [0.717, 1.165) is 52.9 Å². The molecule has 224 valence electrons. The van der Waals surface area contributed by atoms with Gasteiger partial charge in [0.1, 0.15) is 18.3 Å². The third kappa shape index (κ3) is 8.35. The van der Waals surface area contributed by atoms with Gasteiger partial charge in [-0.15, -0.1) is 0 Å². The van der Waals surface area contributed by atoms with Crippen LogP contribution in [0.2, 0.25) is 0 Å². The van der Waals surface area contributed by atoms with E-state index in [4.69, 9.17) is 4.74 Å². The molecule has 1 atom stereocenters. The molecule has 0 aliphatic heterocycles. The summed E-state index contributed by atoms with van der Waals surface area (Å²) in [5, 5.41) is 3.19. The van der Waals surface area contributed by atoms with Crippen molar-refractivity contribution in [2.75, 3.05) is 23.7 Å². The molecule has 1 unspecified atom stereocenters. The van der Waals surface area contributed by atoms with Crippen LogP contribution in [0.5, 0.6) is 5.75 Å². The summed E-state index contributed by atoms with van der Waals surface area (Å²) < 4.78 is 32.9. The lowest BCUT2D eigenvalue weighted by atomic mass is 10.0. The van der Waals surface area contributed by atoms with Crippen molar-refractivity contribution in [3.8, 4) is 5.75 Å². The van der Waals surface area contributed by atoms with Gasteiger partial charge in [-0.3, -0.25) is 13.9 Å². The van der Waals surface area contributed by atoms with Crippen molar-refractivity contribution in [2.24, 2.45) is 0 Å². The van der Waals surface area contributed by atoms with Crippen molar-refractivity contribution in [1.29, 1.82) is 0 Å². The minimum atomic E-state index is -3.88. The first-order valence-corrected chi connectivity index (χ1v) is 16.4. The molecule has 3 aromatic rings. The quantitative estimate of drug-likeness (QED) is 0.306. The molecule has 0 radical (unpaired) electrons. The van der Waals surface area contributed by atoms with E-state index in [1.165, 1.54) is 4.90 Å². The number of hydrogen-bond donors (Lipinski definition) is 1. The van der Waals surface area contributed by atoms with Crippen LogP contribution in [0.3, 0.4) is 0 Å². The molecule has 8 nitrogen and oxygen atoms in total. The molecule has 0 saturated heterocycles. The number of nitrogens with zero attached hydrogens (tertiary/aromatic N) is 2. The van der Waals surface area contributed by atoms with E-state index >= 15 is 0 Å². The van der Waals surface area contributed by atoms with Crippen molar-refractivity contribution < 1.29 is 22.7 Å². The molecule has 1 fully saturated rings. The SMILES string of the molecule is CCOc1ccccc1N(CC(=O)N(Cc1ccc(C)cc1)C(Cc1ccccc1)C(=O)NC1CCCC1)S(C)(=O)=O. The number of hydrogen-bond acceptors (Lipinski definition) is 5. The molecule has 9 heteroatoms. The maximum Gasteiger partial charge on any atom is 0.244 e. The molecule has 1 N–H and O–H groups in total. The van der Waals surface area contributed by atoms with Crippen molar-refractivity contribution in [3.05, 3.63) is 95.6 Å². The first-order chi connectivity index (χ1) is 20.2. The summed E-state index contributed by atoms with van der Waals surface area (Å²) in [5.41, 5.74) is 3.11. The fraction of sp³-hybridized carbons (Fsp3) is 0.394. The predicted molar refractivity (Wildman–Crippen MR) is 166 cm³/mol. The average Bonchev–Trinajstić information content (AvgIpc) is 3.48. The Morgan fingerprint density at radius 2 is 1.57 bits per heavy atom. The highest BCUT2D eigenvalue weighted by Gasteiger charge is 2.34. The number of carbonyl (C=O) groups is 2. The van der Waals surface area contributed by atoms with Gasteiger partial charge >= 0.3 is 0 Å². The predicted octanol–water partition coefficient (Wildman–Crippen LogP) is 4.86. The number of sulfonamides is 1. The van der Waals surface area contributed by atoms with Crippen molar-refractivity contribution >= 4 is 27.5 Å². The molecule has 2 amide bonds. The summed E-state index contributed by atoms with van der Waals surface area (Å²) in [7, 11) is -3.88. The Bertz CT molecular complexity index is 1440. The van der Waals surface area contributed by atoms with Crippen LogP contribution < -0.4 is 14.4 Å². The second-order valence-electron chi connectivity index (χ2n) is 10.9. The van der Waals surface area contributed by atoms with Crippen LogP contribution >= 0.6 is 0 Å². The van der Waals surface area contributed by atoms with E-state index in [2.05, 4.69) is 5.32 Å². The number of para-hydroxylation sites is 2. The Kier molecular flexibility index (Phi) is 10.6. The molecule has 0 aromatic heterocycles. The van der Waals surface area contributed by atoms with Crippen LogP contribution in [-0.2, 0) is 32.6 Å². The molecule has 1 saturated carbocycles. The van der Waals surface area contributed by atoms with Gasteiger partial charge in [0.2, 0.25) is 21.8 Å². The van der Waals surface area contributed by atoms with E-state index in [1.54, 1.807) is 24.3 Å². The minimum absolute atomic E-state index is 0.0673. The lowest BCUT2D eigenvalue weighted by molar-refractivity contribution is -0.140. The summed E-state index contributed by atoms with van der Waals surface area (Å²) in [6, 6.07) is 23.4. The minimum Gasteiger partial charge on any atom is -0.492 e. The van der Waals surface area contributed by atoms with Gasteiger partial charge < -0.3 is 15.0 Å². The van der Waals surface area contributed by atoms with Gasteiger partial charge in [0.05, 0.1) is 18.6 Å². The van der Waals surface area contributed by atoms with Crippen LogP contribution in [0.15, 0.2) is 78.9 Å². The summed E-state index contributed by atoms with van der Waals surface area (Å²) in [4.78, 5) is 29.7. The molecular weight excluding hydrogens is 550 g/mol. The molecule has 3 aromatic carbocycles. The zero-order valence-corrected chi connectivity index (χ0v) is 25.5. The first kappa shape index (κ1) is 31.1. The van der Waals surface area contributed by atoms with Crippen LogP contribution in [0, 0.1) is 6.92 Å². The molecular formula is C33H41N3O5S. The Morgan fingerprint density at radius 3 is 2.21 bits per heavy atom. The van der Waals surface area contributed by atoms with Gasteiger partial charge in [0.15, 0.2) is 0 Å². The highest BCUT2D eigenvalue weighted by Crippen LogP contribution is 2.30. The summed E-state index contributed by atoms with van der Waals surface area (Å²) in [5.74, 6) is -0.343. The zero-order chi connectivity index (χ0) is 30.1. The van der Waals surface area contributed by atoms with Crippen LogP contribution in [0.25, 0.3) is 0 Å². The molecule has 0 heterocycles. The van der Waals surface area contributed by atoms with E-state index < -0.39 is 28.5 Å². The van der Waals surface area contributed by atoms with Crippen LogP contribution in [-0.4, -0.2) is 56.6 Å². The van der Waals surface area contributed by atoms with Gasteiger partial charge in [-0.05, 0) is 49.9 Å². The second-order valence-corrected chi connectivity index (χ2v) is 12.8. The van der Waals surface area contributed by atoms with Gasteiger partial charge in [-0.2, -0.15) is 0 Å². The number of aryl methyl sites for hydroxylation is 1. The maximum absolute atomic E-state index is 14.3. The number of nitrogens with one attached hydrogen (secondary N) is 1. The fourth-order valence-electron chi connectivity index (χ4n) is 5.35. The number of rotatable bonds is 13. The molecule has 0 bridgehead atoms. The lowest BCUT2D eigenvalue weighted by Crippen LogP contribution is -2.54.